The molecule has 146 valence electrons. The average Bonchev–Trinajstić information content (AvgIpc) is 2.63. The Bertz CT molecular complexity index is 810. The van der Waals surface area contributed by atoms with Crippen molar-refractivity contribution in [3.8, 4) is 11.5 Å². The molecule has 0 saturated carbocycles. The normalized spacial score (nSPS) is 9.67. The average molecular weight is 440 g/mol. The number of carboxylic acid groups (broad SMARTS) is 2. The number of benzene rings is 2. The van der Waals surface area contributed by atoms with Crippen molar-refractivity contribution in [3.63, 3.8) is 0 Å². The van der Waals surface area contributed by atoms with Gasteiger partial charge in [0.1, 0.15) is 0 Å². The number of carbonyl (C=O) groups is 2. The lowest BCUT2D eigenvalue weighted by Gasteiger charge is -2.13. The Morgan fingerprint density at radius 3 is 2.00 bits per heavy atom. The first-order valence-electron chi connectivity index (χ1n) is 7.87. The van der Waals surface area contributed by atoms with Crippen LogP contribution in [0.25, 0.3) is 0 Å². The summed E-state index contributed by atoms with van der Waals surface area (Å²) in [7, 11) is 3.28. The maximum absolute atomic E-state index is 9.10. The van der Waals surface area contributed by atoms with Gasteiger partial charge in [-0.15, -0.1) is 0 Å². The molecule has 0 spiro atoms. The maximum atomic E-state index is 9.10. The largest absolute Gasteiger partial charge is 0.493 e. The number of carboxylic acids is 2. The van der Waals surface area contributed by atoms with Crippen molar-refractivity contribution in [1.29, 1.82) is 0 Å². The number of rotatable bonds is 5. The van der Waals surface area contributed by atoms with Crippen LogP contribution in [-0.2, 0) is 16.1 Å². The molecule has 0 fully saturated rings. The van der Waals surface area contributed by atoms with Crippen molar-refractivity contribution in [2.45, 2.75) is 20.4 Å². The van der Waals surface area contributed by atoms with Crippen molar-refractivity contribution in [1.82, 2.24) is 0 Å². The molecule has 0 amide bonds. The first kappa shape index (κ1) is 22.3. The SMILES string of the molecule is COc1cc(Br)c(CNc2ccc(C)c(C)c2)cc1OC.O=C(O)C(=O)O. The van der Waals surface area contributed by atoms with Crippen LogP contribution in [0.5, 0.6) is 11.5 Å². The minimum absolute atomic E-state index is 0.712. The van der Waals surface area contributed by atoms with Crippen LogP contribution in [-0.4, -0.2) is 36.4 Å². The number of aryl methyl sites for hydroxylation is 2. The third-order valence-corrected chi connectivity index (χ3v) is 4.46. The fourth-order valence-corrected chi connectivity index (χ4v) is 2.54. The van der Waals surface area contributed by atoms with E-state index in [1.165, 1.54) is 11.1 Å². The van der Waals surface area contributed by atoms with Crippen molar-refractivity contribution in [3.05, 3.63) is 51.5 Å². The monoisotopic (exact) mass is 439 g/mol. The maximum Gasteiger partial charge on any atom is 0.414 e. The summed E-state index contributed by atoms with van der Waals surface area (Å²) >= 11 is 3.58. The fourth-order valence-electron chi connectivity index (χ4n) is 2.08. The highest BCUT2D eigenvalue weighted by molar-refractivity contribution is 9.10. The number of ether oxygens (including phenoxy) is 2. The van der Waals surface area contributed by atoms with Crippen LogP contribution < -0.4 is 14.8 Å². The van der Waals surface area contributed by atoms with Gasteiger partial charge in [0.25, 0.3) is 0 Å². The molecule has 0 bridgehead atoms. The molecule has 0 saturated heterocycles. The van der Waals surface area contributed by atoms with Gasteiger partial charge in [-0.05, 0) is 54.8 Å². The summed E-state index contributed by atoms with van der Waals surface area (Å²) < 4.78 is 11.6. The number of halogens is 1. The van der Waals surface area contributed by atoms with Crippen LogP contribution in [0.2, 0.25) is 0 Å². The van der Waals surface area contributed by atoms with Gasteiger partial charge < -0.3 is 25.0 Å². The molecule has 2 aromatic carbocycles. The van der Waals surface area contributed by atoms with Gasteiger partial charge in [-0.3, -0.25) is 0 Å². The van der Waals surface area contributed by atoms with Gasteiger partial charge in [0.15, 0.2) is 11.5 Å². The molecule has 27 heavy (non-hydrogen) atoms. The molecular formula is C19H22BrNO6. The van der Waals surface area contributed by atoms with E-state index in [2.05, 4.69) is 53.3 Å². The van der Waals surface area contributed by atoms with Crippen LogP contribution in [0.4, 0.5) is 5.69 Å². The number of aliphatic carboxylic acids is 2. The predicted molar refractivity (Wildman–Crippen MR) is 106 cm³/mol. The Hall–Kier alpha value is -2.74. The molecule has 0 radical (unpaired) electrons. The standard InChI is InChI=1S/C17H20BrNO2.C2H2O4/c1-11-5-6-14(7-12(11)2)19-10-13-8-16(20-3)17(21-4)9-15(13)18;3-1(4)2(5)6/h5-9,19H,10H2,1-4H3;(H,3,4)(H,5,6). The first-order chi connectivity index (χ1) is 12.7. The zero-order chi connectivity index (χ0) is 20.6. The molecule has 0 atom stereocenters. The van der Waals surface area contributed by atoms with Gasteiger partial charge in [-0.2, -0.15) is 0 Å². The summed E-state index contributed by atoms with van der Waals surface area (Å²) in [5.41, 5.74) is 4.81. The van der Waals surface area contributed by atoms with E-state index < -0.39 is 11.9 Å². The number of hydrogen-bond acceptors (Lipinski definition) is 5. The predicted octanol–water partition coefficient (Wildman–Crippen LogP) is 3.85. The van der Waals surface area contributed by atoms with Gasteiger partial charge in [-0.25, -0.2) is 9.59 Å². The highest BCUT2D eigenvalue weighted by atomic mass is 79.9. The summed E-state index contributed by atoms with van der Waals surface area (Å²) in [5, 5.41) is 18.2. The molecule has 0 aliphatic rings. The second-order valence-electron chi connectivity index (χ2n) is 5.56. The molecule has 0 heterocycles. The summed E-state index contributed by atoms with van der Waals surface area (Å²) in [6, 6.07) is 10.3. The van der Waals surface area contributed by atoms with E-state index in [9.17, 15) is 0 Å². The topological polar surface area (TPSA) is 105 Å². The molecule has 2 aromatic rings. The lowest BCUT2D eigenvalue weighted by atomic mass is 10.1. The van der Waals surface area contributed by atoms with E-state index in [4.69, 9.17) is 29.3 Å². The van der Waals surface area contributed by atoms with Gasteiger partial charge in [0.2, 0.25) is 0 Å². The van der Waals surface area contributed by atoms with Gasteiger partial charge in [0, 0.05) is 16.7 Å². The minimum Gasteiger partial charge on any atom is -0.493 e. The smallest absolute Gasteiger partial charge is 0.414 e. The number of anilines is 1. The summed E-state index contributed by atoms with van der Waals surface area (Å²) in [6.07, 6.45) is 0. The highest BCUT2D eigenvalue weighted by Gasteiger charge is 2.09. The molecular weight excluding hydrogens is 418 g/mol. The van der Waals surface area contributed by atoms with Gasteiger partial charge >= 0.3 is 11.9 Å². The van der Waals surface area contributed by atoms with Crippen molar-refractivity contribution >= 4 is 33.6 Å². The van der Waals surface area contributed by atoms with Crippen LogP contribution >= 0.6 is 15.9 Å². The van der Waals surface area contributed by atoms with E-state index in [1.54, 1.807) is 14.2 Å². The molecule has 2 rings (SSSR count). The Kier molecular flexibility index (Phi) is 8.61. The summed E-state index contributed by atoms with van der Waals surface area (Å²) in [6.45, 7) is 4.94. The highest BCUT2D eigenvalue weighted by Crippen LogP contribution is 2.33. The summed E-state index contributed by atoms with van der Waals surface area (Å²) in [4.78, 5) is 18.2. The Labute approximate surface area is 166 Å². The van der Waals surface area contributed by atoms with Crippen LogP contribution in [0.1, 0.15) is 16.7 Å². The van der Waals surface area contributed by atoms with E-state index >= 15 is 0 Å². The zero-order valence-corrected chi connectivity index (χ0v) is 17.1. The number of methoxy groups -OCH3 is 2. The molecule has 3 N–H and O–H groups in total. The minimum atomic E-state index is -1.82. The zero-order valence-electron chi connectivity index (χ0n) is 15.5. The van der Waals surface area contributed by atoms with E-state index in [-0.39, 0.29) is 0 Å². The lowest BCUT2D eigenvalue weighted by Crippen LogP contribution is -2.09. The Balaban J connectivity index is 0.000000527. The quantitative estimate of drug-likeness (QED) is 0.607. The van der Waals surface area contributed by atoms with Crippen LogP contribution in [0, 0.1) is 13.8 Å². The van der Waals surface area contributed by atoms with Crippen LogP contribution in [0.3, 0.4) is 0 Å². The Morgan fingerprint density at radius 1 is 0.963 bits per heavy atom. The van der Waals surface area contributed by atoms with E-state index in [0.29, 0.717) is 6.54 Å². The van der Waals surface area contributed by atoms with E-state index in [1.807, 2.05) is 12.1 Å². The van der Waals surface area contributed by atoms with E-state index in [0.717, 1.165) is 27.2 Å². The number of nitrogens with one attached hydrogen (secondary N) is 1. The first-order valence-corrected chi connectivity index (χ1v) is 8.66. The molecule has 0 aliphatic heterocycles. The molecule has 0 unspecified atom stereocenters. The number of hydrogen-bond donors (Lipinski definition) is 3. The molecule has 0 aromatic heterocycles. The third-order valence-electron chi connectivity index (χ3n) is 3.73. The van der Waals surface area contributed by atoms with Crippen molar-refractivity contribution in [2.24, 2.45) is 0 Å². The van der Waals surface area contributed by atoms with Crippen molar-refractivity contribution in [2.75, 3.05) is 19.5 Å². The van der Waals surface area contributed by atoms with Gasteiger partial charge in [-0.1, -0.05) is 22.0 Å². The summed E-state index contributed by atoms with van der Waals surface area (Å²) in [5.74, 6) is -2.19. The van der Waals surface area contributed by atoms with Gasteiger partial charge in [0.05, 0.1) is 14.2 Å². The van der Waals surface area contributed by atoms with Crippen LogP contribution in [0.15, 0.2) is 34.8 Å². The lowest BCUT2D eigenvalue weighted by molar-refractivity contribution is -0.159. The molecule has 8 heteroatoms. The van der Waals surface area contributed by atoms with Crippen molar-refractivity contribution < 1.29 is 29.3 Å². The molecule has 0 aliphatic carbocycles. The molecule has 7 nitrogen and oxygen atoms in total. The fraction of sp³-hybridized carbons (Fsp3) is 0.263. The Morgan fingerprint density at radius 2 is 1.52 bits per heavy atom. The third kappa shape index (κ3) is 6.82. The second-order valence-corrected chi connectivity index (χ2v) is 6.42. The second kappa shape index (κ2) is 10.4.